The molecule has 0 spiro atoms. The van der Waals surface area contributed by atoms with Gasteiger partial charge in [0, 0.05) is 57.8 Å². The lowest BCUT2D eigenvalue weighted by atomic mass is 9.86. The van der Waals surface area contributed by atoms with Crippen LogP contribution in [0.4, 0.5) is 0 Å². The van der Waals surface area contributed by atoms with Crippen molar-refractivity contribution in [3.8, 4) is 0 Å². The Labute approximate surface area is 531 Å². The van der Waals surface area contributed by atoms with Crippen LogP contribution in [0.5, 0.6) is 0 Å². The van der Waals surface area contributed by atoms with Crippen LogP contribution in [0.1, 0.15) is 19.3 Å². The fourth-order valence-electron chi connectivity index (χ4n) is 8.09. The number of likely N-dealkylation sites (tertiary alicyclic amines) is 1. The molecule has 0 aromatic heterocycles. The van der Waals surface area contributed by atoms with Crippen molar-refractivity contribution in [2.24, 2.45) is 5.92 Å². The second kappa shape index (κ2) is 47.4. The summed E-state index contributed by atoms with van der Waals surface area (Å²) in [6.45, 7) is 1.06. The average molecular weight is 1380 g/mol. The molecule has 0 bridgehead atoms. The van der Waals surface area contributed by atoms with Crippen LogP contribution in [0.15, 0.2) is 0 Å². The molecule has 532 valence electrons. The van der Waals surface area contributed by atoms with E-state index in [1.54, 1.807) is 0 Å². The topological polar surface area (TPSA) is 538 Å². The number of amides is 6. The minimum absolute atomic E-state index is 0.0134. The summed E-state index contributed by atoms with van der Waals surface area (Å²) in [4.78, 5) is 112. The fraction of sp³-hybridized carbons (Fsp3) is 0.880. The molecule has 0 aromatic rings. The molecule has 11 unspecified atom stereocenters. The van der Waals surface area contributed by atoms with Crippen LogP contribution in [0.25, 0.3) is 0 Å². The molecule has 42 heteroatoms. The minimum atomic E-state index is -4.91. The molecule has 3 aliphatic rings. The largest absolute Gasteiger partial charge is 0.469 e. The van der Waals surface area contributed by atoms with Gasteiger partial charge in [0.25, 0.3) is 0 Å². The van der Waals surface area contributed by atoms with Crippen molar-refractivity contribution < 1.29 is 163 Å². The normalized spacial score (nSPS) is 24.0. The van der Waals surface area contributed by atoms with Crippen LogP contribution in [-0.2, 0) is 113 Å². The summed E-state index contributed by atoms with van der Waals surface area (Å²) in [5.74, 6) is -5.67. The number of phosphoric acid groups is 2. The van der Waals surface area contributed by atoms with Gasteiger partial charge in [0.1, 0.15) is 54.7 Å². The second-order valence-electron chi connectivity index (χ2n) is 20.0. The summed E-state index contributed by atoms with van der Waals surface area (Å²) in [7, 11) is -4.25. The van der Waals surface area contributed by atoms with Crippen molar-refractivity contribution in [3.63, 3.8) is 0 Å². The van der Waals surface area contributed by atoms with Crippen molar-refractivity contribution in [1.29, 1.82) is 0 Å². The van der Waals surface area contributed by atoms with E-state index in [2.05, 4.69) is 30.3 Å². The molecule has 2 radical (unpaired) electrons. The van der Waals surface area contributed by atoms with Crippen molar-refractivity contribution in [1.82, 2.24) is 26.2 Å². The Hall–Kier alpha value is -3.50. The minimum Gasteiger partial charge on any atom is -0.387 e. The van der Waals surface area contributed by atoms with Gasteiger partial charge in [-0.3, -0.25) is 42.7 Å². The molecule has 3 aliphatic heterocycles. The van der Waals surface area contributed by atoms with Crippen molar-refractivity contribution in [3.05, 3.63) is 0 Å². The van der Waals surface area contributed by atoms with E-state index in [1.165, 1.54) is 0 Å². The second-order valence-corrected chi connectivity index (χ2v) is 22.4. The molecule has 3 heterocycles. The summed E-state index contributed by atoms with van der Waals surface area (Å²) < 4.78 is 106. The first kappa shape index (κ1) is 82.7. The van der Waals surface area contributed by atoms with Gasteiger partial charge in [0.05, 0.1) is 166 Å². The zero-order chi connectivity index (χ0) is 67.7. The zero-order valence-corrected chi connectivity index (χ0v) is 52.5. The molecular weight excluding hydrogens is 1290 g/mol. The molecule has 39 nitrogen and oxygen atoms in total. The lowest BCUT2D eigenvalue weighted by Gasteiger charge is -2.40. The highest BCUT2D eigenvalue weighted by atomic mass is 31.2. The smallest absolute Gasteiger partial charge is 0.387 e. The van der Waals surface area contributed by atoms with Gasteiger partial charge in [0.2, 0.25) is 35.4 Å². The average Bonchev–Trinajstić information content (AvgIpc) is 1.07. The Kier molecular flexibility index (Phi) is 42.6. The number of phosphoric ester groups is 2. The Balaban J connectivity index is 1.26. The zero-order valence-electron chi connectivity index (χ0n) is 50.7. The molecule has 0 saturated carbocycles. The molecule has 3 rings (SSSR count). The van der Waals surface area contributed by atoms with E-state index in [4.69, 9.17) is 93.7 Å². The predicted octanol–water partition coefficient (Wildman–Crippen LogP) is -8.40. The SMILES string of the molecule is [B]C1CC(=O)N(CCC(=O)NCCOCCOCCOCCOCCNC(=O)CC(C(=O)NCCOCCOCCOCCOC2OC(COP(=O)(O)O)C(O)C(O)C2O)C(=O)NCCOCCOCCOCCOC2OC(COP(=O)(O)O)C(O)C(O)C2O)C1=O. The predicted molar refractivity (Wildman–Crippen MR) is 305 cm³/mol. The van der Waals surface area contributed by atoms with Crippen molar-refractivity contribution in [2.45, 2.75) is 86.5 Å². The van der Waals surface area contributed by atoms with E-state index in [0.29, 0.717) is 0 Å². The highest BCUT2D eigenvalue weighted by Gasteiger charge is 2.46. The number of nitrogens with zero attached hydrogens (tertiary/aromatic N) is 1. The van der Waals surface area contributed by atoms with Gasteiger partial charge >= 0.3 is 15.6 Å². The number of carbonyl (C=O) groups excluding carboxylic acids is 6. The molecule has 3 fully saturated rings. The first-order valence-electron chi connectivity index (χ1n) is 29.4. The standard InChI is InChI=1S/C50H90BN5O34P2/c51-34-30-39(59)56(48(34)68)6-1-37(57)52-2-7-75-11-15-79-19-20-80-16-12-76-8-3-53-38(58)29-33(46(66)54-4-9-77-13-17-81-21-23-83-25-27-85-49-44(64)42(62)40(60)35(89-49)31-87-91(69,70)71)47(67)55-5-10-78-14-18-82-22-24-84-26-28-86-50-45(65)43(63)41(61)36(90-50)32-88-92(72,73)74/h33-36,40-45,49-50,60-65H,1-32H2,(H,52,57)(H,53,58)(H,54,66)(H,55,67)(H2,69,70,71)(H2,72,73,74). The summed E-state index contributed by atoms with van der Waals surface area (Å²) in [6.07, 6.45) is -16.7. The van der Waals surface area contributed by atoms with Gasteiger partial charge in [-0.15, -0.1) is 0 Å². The maximum absolute atomic E-state index is 13.3. The molecule has 92 heavy (non-hydrogen) atoms. The van der Waals surface area contributed by atoms with Gasteiger partial charge in [0.15, 0.2) is 12.6 Å². The first-order valence-corrected chi connectivity index (χ1v) is 32.4. The molecule has 6 amide bonds. The maximum atomic E-state index is 13.3. The van der Waals surface area contributed by atoms with Crippen LogP contribution in [0.2, 0.25) is 5.82 Å². The monoisotopic (exact) mass is 1380 g/mol. The lowest BCUT2D eigenvalue weighted by molar-refractivity contribution is -0.301. The van der Waals surface area contributed by atoms with Gasteiger partial charge in [-0.2, -0.15) is 0 Å². The van der Waals surface area contributed by atoms with Crippen LogP contribution in [0, 0.1) is 5.92 Å². The number of rotatable bonds is 54. The first-order chi connectivity index (χ1) is 43.9. The van der Waals surface area contributed by atoms with E-state index in [9.17, 15) is 68.5 Å². The Bertz CT molecular complexity index is 2100. The van der Waals surface area contributed by atoms with Crippen LogP contribution in [-0.4, -0.2) is 351 Å². The molecular formula is C50H90BN5O34P2. The third kappa shape index (κ3) is 36.0. The Morgan fingerprint density at radius 1 is 0.467 bits per heavy atom. The molecule has 3 saturated heterocycles. The fourth-order valence-corrected chi connectivity index (χ4v) is 8.77. The number of hydrogen-bond acceptors (Lipinski definition) is 30. The van der Waals surface area contributed by atoms with Gasteiger partial charge in [-0.25, -0.2) is 9.13 Å². The Morgan fingerprint density at radius 2 is 0.783 bits per heavy atom. The quantitative estimate of drug-likeness (QED) is 0.00884. The lowest BCUT2D eigenvalue weighted by Crippen LogP contribution is -2.59. The van der Waals surface area contributed by atoms with Gasteiger partial charge < -0.3 is 138 Å². The van der Waals surface area contributed by atoms with E-state index in [1.807, 2.05) is 0 Å². The van der Waals surface area contributed by atoms with E-state index in [0.717, 1.165) is 4.90 Å². The maximum Gasteiger partial charge on any atom is 0.469 e. The molecule has 14 N–H and O–H groups in total. The third-order valence-corrected chi connectivity index (χ3v) is 13.8. The van der Waals surface area contributed by atoms with Gasteiger partial charge in [-0.05, 0) is 0 Å². The van der Waals surface area contributed by atoms with Crippen LogP contribution >= 0.6 is 15.6 Å². The number of imide groups is 1. The third-order valence-electron chi connectivity index (χ3n) is 12.9. The number of hydrogen-bond donors (Lipinski definition) is 14. The van der Waals surface area contributed by atoms with E-state index >= 15 is 0 Å². The van der Waals surface area contributed by atoms with E-state index in [-0.39, 0.29) is 197 Å². The van der Waals surface area contributed by atoms with Gasteiger partial charge in [-0.1, -0.05) is 0 Å². The summed E-state index contributed by atoms with van der Waals surface area (Å²) in [6, 6.07) is 0. The molecule has 11 atom stereocenters. The summed E-state index contributed by atoms with van der Waals surface area (Å²) in [5.41, 5.74) is 0. The van der Waals surface area contributed by atoms with Crippen LogP contribution < -0.4 is 21.3 Å². The van der Waals surface area contributed by atoms with E-state index < -0.39 is 138 Å². The Morgan fingerprint density at radius 3 is 1.11 bits per heavy atom. The molecule has 0 aliphatic carbocycles. The number of nitrogens with one attached hydrogen (secondary N) is 4. The van der Waals surface area contributed by atoms with Crippen molar-refractivity contribution in [2.75, 3.05) is 191 Å². The molecule has 0 aromatic carbocycles. The van der Waals surface area contributed by atoms with Crippen molar-refractivity contribution >= 4 is 58.9 Å². The summed E-state index contributed by atoms with van der Waals surface area (Å²) >= 11 is 0. The highest BCUT2D eigenvalue weighted by molar-refractivity contribution is 7.46. The number of aliphatic hydroxyl groups is 6. The number of ether oxygens (including phenoxy) is 14. The highest BCUT2D eigenvalue weighted by Crippen LogP contribution is 2.38. The number of carbonyl (C=O) groups is 6. The number of aliphatic hydroxyl groups excluding tert-OH is 6. The van der Waals surface area contributed by atoms with Crippen LogP contribution in [0.3, 0.4) is 0 Å². The summed E-state index contributed by atoms with van der Waals surface area (Å²) in [5, 5.41) is 71.0.